The van der Waals surface area contributed by atoms with Crippen molar-refractivity contribution in [2.45, 2.75) is 25.4 Å². The van der Waals surface area contributed by atoms with Crippen LogP contribution in [0.1, 0.15) is 46.1 Å². The van der Waals surface area contributed by atoms with Gasteiger partial charge in [-0.3, -0.25) is 14.8 Å². The molecule has 24 heavy (non-hydrogen) atoms. The van der Waals surface area contributed by atoms with E-state index in [-0.39, 0.29) is 11.9 Å². The molecule has 2 N–H and O–H groups in total. The lowest BCUT2D eigenvalue weighted by Crippen LogP contribution is -2.31. The molecule has 0 spiro atoms. The summed E-state index contributed by atoms with van der Waals surface area (Å²) in [7, 11) is 0. The van der Waals surface area contributed by atoms with Crippen LogP contribution in [-0.2, 0) is 6.54 Å². The molecule has 0 radical (unpaired) electrons. The van der Waals surface area contributed by atoms with E-state index in [1.807, 2.05) is 23.1 Å². The molecule has 0 saturated carbocycles. The number of aromatic nitrogens is 1. The first-order valence-electron chi connectivity index (χ1n) is 7.99. The number of fused-ring (bicyclic) bond motifs is 1. The SMILES string of the molecule is NC1=NCc2ncc(C(=O)N3CCC[C@H]3c3ccc(Br)cc3)cc21. The van der Waals surface area contributed by atoms with E-state index >= 15 is 0 Å². The zero-order valence-corrected chi connectivity index (χ0v) is 14.7. The van der Waals surface area contributed by atoms with Crippen molar-refractivity contribution in [2.75, 3.05) is 6.54 Å². The predicted octanol–water partition coefficient (Wildman–Crippen LogP) is 3.04. The first-order valence-corrected chi connectivity index (χ1v) is 8.78. The monoisotopic (exact) mass is 384 g/mol. The molecule has 0 unspecified atom stereocenters. The first-order chi connectivity index (χ1) is 11.6. The molecule has 0 aliphatic carbocycles. The Morgan fingerprint density at radius 2 is 2.08 bits per heavy atom. The van der Waals surface area contributed by atoms with Gasteiger partial charge in [0.15, 0.2) is 0 Å². The van der Waals surface area contributed by atoms with Crippen LogP contribution in [0.2, 0.25) is 0 Å². The largest absolute Gasteiger partial charge is 0.383 e. The van der Waals surface area contributed by atoms with E-state index in [1.54, 1.807) is 6.20 Å². The molecule has 3 heterocycles. The number of amides is 1. The molecular weight excluding hydrogens is 368 g/mol. The minimum Gasteiger partial charge on any atom is -0.383 e. The number of hydrogen-bond donors (Lipinski definition) is 1. The summed E-state index contributed by atoms with van der Waals surface area (Å²) in [5, 5.41) is 0. The fourth-order valence-electron chi connectivity index (χ4n) is 3.41. The minimum absolute atomic E-state index is 0.00965. The third-order valence-corrected chi connectivity index (χ3v) is 5.19. The second-order valence-corrected chi connectivity index (χ2v) is 7.04. The van der Waals surface area contributed by atoms with Crippen molar-refractivity contribution < 1.29 is 4.79 Å². The molecule has 2 aromatic rings. The number of carbonyl (C=O) groups is 1. The maximum atomic E-state index is 13.0. The maximum Gasteiger partial charge on any atom is 0.255 e. The highest BCUT2D eigenvalue weighted by Crippen LogP contribution is 2.34. The summed E-state index contributed by atoms with van der Waals surface area (Å²) in [6, 6.07) is 10.1. The molecule has 1 saturated heterocycles. The summed E-state index contributed by atoms with van der Waals surface area (Å²) in [4.78, 5) is 23.5. The first kappa shape index (κ1) is 15.3. The number of likely N-dealkylation sites (tertiary alicyclic amines) is 1. The van der Waals surface area contributed by atoms with E-state index in [4.69, 9.17) is 5.73 Å². The molecule has 5 nitrogen and oxygen atoms in total. The van der Waals surface area contributed by atoms with E-state index in [1.165, 1.54) is 5.56 Å². The average Bonchev–Trinajstić information content (AvgIpc) is 3.22. The van der Waals surface area contributed by atoms with Gasteiger partial charge in [-0.15, -0.1) is 0 Å². The minimum atomic E-state index is 0.00965. The second-order valence-electron chi connectivity index (χ2n) is 6.13. The van der Waals surface area contributed by atoms with Crippen molar-refractivity contribution in [3.63, 3.8) is 0 Å². The molecule has 0 bridgehead atoms. The van der Waals surface area contributed by atoms with Crippen LogP contribution in [0, 0.1) is 0 Å². The van der Waals surface area contributed by atoms with Crippen molar-refractivity contribution in [3.05, 3.63) is 63.4 Å². The van der Waals surface area contributed by atoms with Gasteiger partial charge in [0, 0.05) is 22.8 Å². The molecule has 1 aromatic carbocycles. The van der Waals surface area contributed by atoms with Crippen molar-refractivity contribution in [3.8, 4) is 0 Å². The van der Waals surface area contributed by atoms with E-state index in [0.717, 1.165) is 35.1 Å². The molecule has 122 valence electrons. The number of amidine groups is 1. The van der Waals surface area contributed by atoms with Crippen molar-refractivity contribution in [1.29, 1.82) is 0 Å². The number of hydrogen-bond acceptors (Lipinski definition) is 4. The van der Waals surface area contributed by atoms with Crippen LogP contribution in [0.3, 0.4) is 0 Å². The number of carbonyl (C=O) groups excluding carboxylic acids is 1. The van der Waals surface area contributed by atoms with E-state index in [2.05, 4.69) is 38.0 Å². The van der Waals surface area contributed by atoms with Gasteiger partial charge in [-0.25, -0.2) is 0 Å². The number of pyridine rings is 1. The van der Waals surface area contributed by atoms with Crippen LogP contribution in [-0.4, -0.2) is 28.2 Å². The van der Waals surface area contributed by atoms with Crippen LogP contribution in [0.5, 0.6) is 0 Å². The molecule has 6 heteroatoms. The Kier molecular flexibility index (Phi) is 3.84. The summed E-state index contributed by atoms with van der Waals surface area (Å²) in [5.74, 6) is 0.480. The summed E-state index contributed by atoms with van der Waals surface area (Å²) < 4.78 is 1.04. The van der Waals surface area contributed by atoms with Crippen molar-refractivity contribution in [1.82, 2.24) is 9.88 Å². The zero-order valence-electron chi connectivity index (χ0n) is 13.1. The number of rotatable bonds is 2. The third-order valence-electron chi connectivity index (χ3n) is 4.66. The van der Waals surface area contributed by atoms with E-state index in [9.17, 15) is 4.79 Å². The topological polar surface area (TPSA) is 71.6 Å². The van der Waals surface area contributed by atoms with Gasteiger partial charge in [0.25, 0.3) is 5.91 Å². The molecule has 1 amide bonds. The van der Waals surface area contributed by atoms with Crippen molar-refractivity contribution >= 4 is 27.7 Å². The number of aliphatic imine (C=N–C) groups is 1. The van der Waals surface area contributed by atoms with E-state index in [0.29, 0.717) is 17.9 Å². The number of nitrogens with zero attached hydrogens (tertiary/aromatic N) is 3. The normalized spacial score (nSPS) is 19.3. The van der Waals surface area contributed by atoms with Gasteiger partial charge in [-0.1, -0.05) is 28.1 Å². The Bertz CT molecular complexity index is 831. The second kappa shape index (κ2) is 6.02. The van der Waals surface area contributed by atoms with Gasteiger partial charge in [-0.2, -0.15) is 0 Å². The number of benzene rings is 1. The summed E-state index contributed by atoms with van der Waals surface area (Å²) >= 11 is 3.46. The van der Waals surface area contributed by atoms with E-state index < -0.39 is 0 Å². The molecule has 4 rings (SSSR count). The highest BCUT2D eigenvalue weighted by molar-refractivity contribution is 9.10. The molecular formula is C18H17BrN4O. The van der Waals surface area contributed by atoms with Gasteiger partial charge in [0.05, 0.1) is 23.8 Å². The van der Waals surface area contributed by atoms with Gasteiger partial charge in [0.2, 0.25) is 0 Å². The lowest BCUT2D eigenvalue weighted by molar-refractivity contribution is 0.0735. The fourth-order valence-corrected chi connectivity index (χ4v) is 3.67. The van der Waals surface area contributed by atoms with Gasteiger partial charge in [-0.05, 0) is 36.6 Å². The Balaban J connectivity index is 1.63. The highest BCUT2D eigenvalue weighted by atomic mass is 79.9. The lowest BCUT2D eigenvalue weighted by Gasteiger charge is -2.25. The summed E-state index contributed by atoms with van der Waals surface area (Å²) in [6.07, 6.45) is 3.63. The zero-order chi connectivity index (χ0) is 16.7. The number of halogens is 1. The fraction of sp³-hybridized carbons (Fsp3) is 0.278. The Hall–Kier alpha value is -2.21. The highest BCUT2D eigenvalue weighted by Gasteiger charge is 2.31. The molecule has 2 aliphatic rings. The average molecular weight is 385 g/mol. The number of nitrogens with two attached hydrogens (primary N) is 1. The Morgan fingerprint density at radius 1 is 1.29 bits per heavy atom. The van der Waals surface area contributed by atoms with Crippen LogP contribution >= 0.6 is 15.9 Å². The molecule has 1 atom stereocenters. The maximum absolute atomic E-state index is 13.0. The lowest BCUT2D eigenvalue weighted by atomic mass is 10.0. The molecule has 2 aliphatic heterocycles. The third kappa shape index (κ3) is 2.60. The molecule has 1 aromatic heterocycles. The smallest absolute Gasteiger partial charge is 0.255 e. The quantitative estimate of drug-likeness (QED) is 0.864. The summed E-state index contributed by atoms with van der Waals surface area (Å²) in [6.45, 7) is 1.26. The van der Waals surface area contributed by atoms with Crippen LogP contribution in [0.15, 0.2) is 46.0 Å². The van der Waals surface area contributed by atoms with Crippen LogP contribution in [0.25, 0.3) is 0 Å². The standard InChI is InChI=1S/C18H17BrN4O/c19-13-5-3-11(4-6-13)16-2-1-7-23(16)18(24)12-8-14-15(21-9-12)10-22-17(14)20/h3-6,8-9,16H,1-2,7,10H2,(H2,20,22)/t16-/m0/s1. The predicted molar refractivity (Wildman–Crippen MR) is 95.8 cm³/mol. The Morgan fingerprint density at radius 3 is 2.88 bits per heavy atom. The van der Waals surface area contributed by atoms with Gasteiger partial charge in [0.1, 0.15) is 5.84 Å². The Labute approximate surface area is 148 Å². The summed E-state index contributed by atoms with van der Waals surface area (Å²) in [5.41, 5.74) is 9.26. The van der Waals surface area contributed by atoms with Crippen molar-refractivity contribution in [2.24, 2.45) is 10.7 Å². The van der Waals surface area contributed by atoms with Crippen LogP contribution < -0.4 is 5.73 Å². The molecule has 1 fully saturated rings. The van der Waals surface area contributed by atoms with Gasteiger partial charge < -0.3 is 10.6 Å². The van der Waals surface area contributed by atoms with Gasteiger partial charge >= 0.3 is 0 Å². The van der Waals surface area contributed by atoms with Crippen LogP contribution in [0.4, 0.5) is 0 Å².